The van der Waals surface area contributed by atoms with Crippen LogP contribution >= 0.6 is 0 Å². The fourth-order valence-corrected chi connectivity index (χ4v) is 1.58. The van der Waals surface area contributed by atoms with Crippen LogP contribution in [0.25, 0.3) is 12.2 Å². The maximum Gasteiger partial charge on any atom is 0.194 e. The van der Waals surface area contributed by atoms with Crippen LogP contribution in [0.1, 0.15) is 11.1 Å². The standard InChI is InChI=1S/C15H11F3O/c1-19-12-6-4-10(5-7-12)2-3-11-8-13(16)15(18)14(17)9-11/h2-9H,1H3/b3-2+. The Kier molecular flexibility index (Phi) is 3.90. The molecule has 1 nitrogen and oxygen atoms in total. The van der Waals surface area contributed by atoms with Crippen LogP contribution in [0.3, 0.4) is 0 Å². The van der Waals surface area contributed by atoms with E-state index in [4.69, 9.17) is 4.74 Å². The quantitative estimate of drug-likeness (QED) is 0.593. The van der Waals surface area contributed by atoms with E-state index in [2.05, 4.69) is 0 Å². The molecular formula is C15H11F3O. The van der Waals surface area contributed by atoms with Gasteiger partial charge in [0.25, 0.3) is 0 Å². The summed E-state index contributed by atoms with van der Waals surface area (Å²) in [7, 11) is 1.56. The molecular weight excluding hydrogens is 253 g/mol. The summed E-state index contributed by atoms with van der Waals surface area (Å²) in [4.78, 5) is 0. The summed E-state index contributed by atoms with van der Waals surface area (Å²) in [5.74, 6) is -3.14. The molecule has 0 fully saturated rings. The molecule has 2 rings (SSSR count). The van der Waals surface area contributed by atoms with Crippen molar-refractivity contribution in [2.24, 2.45) is 0 Å². The molecule has 0 atom stereocenters. The van der Waals surface area contributed by atoms with Crippen LogP contribution in [0.15, 0.2) is 36.4 Å². The molecule has 0 aliphatic rings. The maximum absolute atomic E-state index is 13.0. The van der Waals surface area contributed by atoms with Gasteiger partial charge in [-0.05, 0) is 35.4 Å². The van der Waals surface area contributed by atoms with Crippen molar-refractivity contribution in [3.05, 3.63) is 65.0 Å². The predicted octanol–water partition coefficient (Wildman–Crippen LogP) is 4.28. The Hall–Kier alpha value is -2.23. The molecule has 98 valence electrons. The van der Waals surface area contributed by atoms with Crippen LogP contribution in [-0.4, -0.2) is 7.11 Å². The molecule has 0 bridgehead atoms. The van der Waals surface area contributed by atoms with Crippen LogP contribution in [0.5, 0.6) is 5.75 Å². The molecule has 2 aromatic carbocycles. The highest BCUT2D eigenvalue weighted by Gasteiger charge is 2.08. The molecule has 0 aliphatic carbocycles. The van der Waals surface area contributed by atoms with Crippen molar-refractivity contribution in [3.8, 4) is 5.75 Å². The molecule has 0 aliphatic heterocycles. The molecule has 0 unspecified atom stereocenters. The van der Waals surface area contributed by atoms with E-state index >= 15 is 0 Å². The fraction of sp³-hybridized carbons (Fsp3) is 0.0667. The SMILES string of the molecule is COc1ccc(/C=C/c2cc(F)c(F)c(F)c2)cc1. The number of hydrogen-bond donors (Lipinski definition) is 0. The molecule has 0 saturated carbocycles. The van der Waals surface area contributed by atoms with Gasteiger partial charge in [-0.2, -0.15) is 0 Å². The van der Waals surface area contributed by atoms with Crippen molar-refractivity contribution < 1.29 is 17.9 Å². The lowest BCUT2D eigenvalue weighted by Gasteiger charge is -2.00. The molecule has 0 radical (unpaired) electrons. The van der Waals surface area contributed by atoms with Crippen LogP contribution in [-0.2, 0) is 0 Å². The lowest BCUT2D eigenvalue weighted by atomic mass is 10.1. The zero-order valence-corrected chi connectivity index (χ0v) is 10.2. The first-order valence-electron chi connectivity index (χ1n) is 5.57. The summed E-state index contributed by atoms with van der Waals surface area (Å²) < 4.78 is 43.8. The first kappa shape index (κ1) is 13.2. The third-order valence-electron chi connectivity index (χ3n) is 2.59. The van der Waals surface area contributed by atoms with Crippen LogP contribution in [0, 0.1) is 17.5 Å². The molecule has 0 aromatic heterocycles. The highest BCUT2D eigenvalue weighted by atomic mass is 19.2. The lowest BCUT2D eigenvalue weighted by Crippen LogP contribution is -1.90. The Morgan fingerprint density at radius 1 is 0.842 bits per heavy atom. The van der Waals surface area contributed by atoms with Gasteiger partial charge in [0.15, 0.2) is 17.5 Å². The largest absolute Gasteiger partial charge is 0.497 e. The molecule has 0 saturated heterocycles. The Morgan fingerprint density at radius 2 is 1.37 bits per heavy atom. The van der Waals surface area contributed by atoms with Gasteiger partial charge in [-0.25, -0.2) is 13.2 Å². The van der Waals surface area contributed by atoms with E-state index in [-0.39, 0.29) is 5.56 Å². The Morgan fingerprint density at radius 3 is 1.89 bits per heavy atom. The van der Waals surface area contributed by atoms with E-state index in [0.717, 1.165) is 23.4 Å². The minimum absolute atomic E-state index is 0.257. The van der Waals surface area contributed by atoms with Crippen molar-refractivity contribution in [3.63, 3.8) is 0 Å². The average molecular weight is 264 g/mol. The third kappa shape index (κ3) is 3.16. The number of hydrogen-bond acceptors (Lipinski definition) is 1. The first-order chi connectivity index (χ1) is 9.10. The summed E-state index contributed by atoms with van der Waals surface area (Å²) in [6.07, 6.45) is 3.18. The van der Waals surface area contributed by atoms with Gasteiger partial charge in [0, 0.05) is 0 Å². The van der Waals surface area contributed by atoms with Gasteiger partial charge in [-0.3, -0.25) is 0 Å². The van der Waals surface area contributed by atoms with E-state index in [1.165, 1.54) is 6.08 Å². The van der Waals surface area contributed by atoms with E-state index in [0.29, 0.717) is 0 Å². The second-order valence-corrected chi connectivity index (χ2v) is 3.91. The smallest absolute Gasteiger partial charge is 0.194 e. The summed E-state index contributed by atoms with van der Waals surface area (Å²) in [6, 6.07) is 9.02. The number of ether oxygens (including phenoxy) is 1. The number of rotatable bonds is 3. The van der Waals surface area contributed by atoms with E-state index < -0.39 is 17.5 Å². The molecule has 0 heterocycles. The number of benzene rings is 2. The Bertz CT molecular complexity index is 580. The minimum Gasteiger partial charge on any atom is -0.497 e. The third-order valence-corrected chi connectivity index (χ3v) is 2.59. The van der Waals surface area contributed by atoms with Gasteiger partial charge in [-0.15, -0.1) is 0 Å². The van der Waals surface area contributed by atoms with Gasteiger partial charge in [0.2, 0.25) is 0 Å². The molecule has 0 amide bonds. The molecule has 19 heavy (non-hydrogen) atoms. The number of methoxy groups -OCH3 is 1. The zero-order chi connectivity index (χ0) is 13.8. The summed E-state index contributed by atoms with van der Waals surface area (Å²) in [5, 5.41) is 0. The van der Waals surface area contributed by atoms with Gasteiger partial charge < -0.3 is 4.74 Å². The second kappa shape index (κ2) is 5.61. The fourth-order valence-electron chi connectivity index (χ4n) is 1.58. The Labute approximate surface area is 109 Å². The highest BCUT2D eigenvalue weighted by molar-refractivity contribution is 5.69. The summed E-state index contributed by atoms with van der Waals surface area (Å²) in [5.41, 5.74) is 1.10. The number of halogens is 3. The molecule has 0 spiro atoms. The highest BCUT2D eigenvalue weighted by Crippen LogP contribution is 2.17. The topological polar surface area (TPSA) is 9.23 Å². The van der Waals surface area contributed by atoms with Crippen molar-refractivity contribution in [1.29, 1.82) is 0 Å². The second-order valence-electron chi connectivity index (χ2n) is 3.91. The van der Waals surface area contributed by atoms with Crippen LogP contribution < -0.4 is 4.74 Å². The average Bonchev–Trinajstić information content (AvgIpc) is 2.43. The van der Waals surface area contributed by atoms with Crippen LogP contribution in [0.4, 0.5) is 13.2 Å². The summed E-state index contributed by atoms with van der Waals surface area (Å²) >= 11 is 0. The van der Waals surface area contributed by atoms with Crippen molar-refractivity contribution in [2.75, 3.05) is 7.11 Å². The van der Waals surface area contributed by atoms with Gasteiger partial charge in [-0.1, -0.05) is 24.3 Å². The van der Waals surface area contributed by atoms with Gasteiger partial charge >= 0.3 is 0 Å². The Balaban J connectivity index is 2.22. The van der Waals surface area contributed by atoms with Crippen molar-refractivity contribution >= 4 is 12.2 Å². The first-order valence-corrected chi connectivity index (χ1v) is 5.57. The molecule has 0 N–H and O–H groups in total. The molecule has 2 aromatic rings. The van der Waals surface area contributed by atoms with Crippen molar-refractivity contribution in [1.82, 2.24) is 0 Å². The zero-order valence-electron chi connectivity index (χ0n) is 10.2. The van der Waals surface area contributed by atoms with E-state index in [1.54, 1.807) is 37.5 Å². The van der Waals surface area contributed by atoms with Crippen molar-refractivity contribution in [2.45, 2.75) is 0 Å². The molecule has 4 heteroatoms. The van der Waals surface area contributed by atoms with E-state index in [1.807, 2.05) is 0 Å². The minimum atomic E-state index is -1.46. The normalized spacial score (nSPS) is 10.9. The van der Waals surface area contributed by atoms with Crippen LogP contribution in [0.2, 0.25) is 0 Å². The van der Waals surface area contributed by atoms with Gasteiger partial charge in [0.1, 0.15) is 5.75 Å². The lowest BCUT2D eigenvalue weighted by molar-refractivity contribution is 0.415. The van der Waals surface area contributed by atoms with E-state index in [9.17, 15) is 13.2 Å². The summed E-state index contributed by atoms with van der Waals surface area (Å²) in [6.45, 7) is 0. The monoisotopic (exact) mass is 264 g/mol. The predicted molar refractivity (Wildman–Crippen MR) is 68.2 cm³/mol. The maximum atomic E-state index is 13.0. The van der Waals surface area contributed by atoms with Gasteiger partial charge in [0.05, 0.1) is 7.11 Å².